The second kappa shape index (κ2) is 8.29. The Morgan fingerprint density at radius 3 is 2.41 bits per heavy atom. The van der Waals surface area contributed by atoms with E-state index in [0.717, 1.165) is 11.1 Å². The first-order chi connectivity index (χ1) is 13.0. The summed E-state index contributed by atoms with van der Waals surface area (Å²) in [6.07, 6.45) is 4.05. The fraction of sp³-hybridized carbons (Fsp3) is 0.429. The van der Waals surface area contributed by atoms with E-state index in [4.69, 9.17) is 4.74 Å². The highest BCUT2D eigenvalue weighted by Crippen LogP contribution is 2.26. The molecular formula is C21H27N3O3. The summed E-state index contributed by atoms with van der Waals surface area (Å²) in [5, 5.41) is 0. The second-order valence-electron chi connectivity index (χ2n) is 7.18. The standard InChI is InChI=1S/C21H27N3O3/c1-15(2)17-4-5-18(19(13-17)27-3)21(26)24-10-8-23(9-11-24)20(25)12-16-6-7-22-14-16/h4-7,13-15,22H,8-12H2,1-3H3. The molecule has 0 bridgehead atoms. The Bertz CT molecular complexity index is 791. The summed E-state index contributed by atoms with van der Waals surface area (Å²) in [5.74, 6) is 1.04. The number of amides is 2. The highest BCUT2D eigenvalue weighted by atomic mass is 16.5. The van der Waals surface area contributed by atoms with Gasteiger partial charge in [0.25, 0.3) is 5.91 Å². The minimum Gasteiger partial charge on any atom is -0.496 e. The van der Waals surface area contributed by atoms with Crippen molar-refractivity contribution in [3.63, 3.8) is 0 Å². The molecule has 1 aromatic heterocycles. The van der Waals surface area contributed by atoms with Crippen LogP contribution >= 0.6 is 0 Å². The first-order valence-electron chi connectivity index (χ1n) is 9.36. The number of benzene rings is 1. The molecule has 2 heterocycles. The average Bonchev–Trinajstić information content (AvgIpc) is 3.20. The summed E-state index contributed by atoms with van der Waals surface area (Å²) in [6.45, 7) is 6.41. The van der Waals surface area contributed by atoms with Crippen LogP contribution in [0.15, 0.2) is 36.7 Å². The van der Waals surface area contributed by atoms with Crippen molar-refractivity contribution in [1.29, 1.82) is 0 Å². The molecule has 3 rings (SSSR count). The molecule has 1 aliphatic rings. The van der Waals surface area contributed by atoms with Crippen LogP contribution in [0.1, 0.15) is 41.3 Å². The van der Waals surface area contributed by atoms with Gasteiger partial charge >= 0.3 is 0 Å². The van der Waals surface area contributed by atoms with Crippen molar-refractivity contribution in [3.8, 4) is 5.75 Å². The van der Waals surface area contributed by atoms with Gasteiger partial charge in [0.2, 0.25) is 5.91 Å². The largest absolute Gasteiger partial charge is 0.496 e. The zero-order chi connectivity index (χ0) is 19.4. The lowest BCUT2D eigenvalue weighted by molar-refractivity contribution is -0.131. The number of nitrogens with one attached hydrogen (secondary N) is 1. The van der Waals surface area contributed by atoms with Gasteiger partial charge in [-0.1, -0.05) is 19.9 Å². The maximum atomic E-state index is 12.9. The molecule has 0 aliphatic carbocycles. The van der Waals surface area contributed by atoms with Crippen molar-refractivity contribution >= 4 is 11.8 Å². The first kappa shape index (κ1) is 19.0. The van der Waals surface area contributed by atoms with Crippen molar-refractivity contribution in [2.45, 2.75) is 26.2 Å². The van der Waals surface area contributed by atoms with Crippen LogP contribution in [-0.4, -0.2) is 59.9 Å². The fourth-order valence-electron chi connectivity index (χ4n) is 3.33. The van der Waals surface area contributed by atoms with Gasteiger partial charge in [-0.2, -0.15) is 0 Å². The lowest BCUT2D eigenvalue weighted by atomic mass is 10.0. The number of carbonyl (C=O) groups is 2. The number of hydrogen-bond donors (Lipinski definition) is 1. The number of ether oxygens (including phenoxy) is 1. The van der Waals surface area contributed by atoms with Crippen LogP contribution in [0.4, 0.5) is 0 Å². The van der Waals surface area contributed by atoms with Gasteiger partial charge in [0.1, 0.15) is 5.75 Å². The maximum absolute atomic E-state index is 12.9. The smallest absolute Gasteiger partial charge is 0.257 e. The highest BCUT2D eigenvalue weighted by Gasteiger charge is 2.26. The Labute approximate surface area is 160 Å². The van der Waals surface area contributed by atoms with Crippen LogP contribution in [0.3, 0.4) is 0 Å². The molecule has 1 aromatic carbocycles. The minimum atomic E-state index is -0.0418. The highest BCUT2D eigenvalue weighted by molar-refractivity contribution is 5.97. The van der Waals surface area contributed by atoms with Crippen LogP contribution < -0.4 is 4.74 Å². The number of piperazine rings is 1. The van der Waals surface area contributed by atoms with E-state index in [1.54, 1.807) is 12.0 Å². The third-order valence-corrected chi connectivity index (χ3v) is 5.06. The summed E-state index contributed by atoms with van der Waals surface area (Å²) in [4.78, 5) is 31.9. The van der Waals surface area contributed by atoms with Crippen molar-refractivity contribution in [2.75, 3.05) is 33.3 Å². The Balaban J connectivity index is 1.62. The number of H-pyrrole nitrogens is 1. The number of nitrogens with zero attached hydrogens (tertiary/aromatic N) is 2. The van der Waals surface area contributed by atoms with E-state index in [-0.39, 0.29) is 11.8 Å². The summed E-state index contributed by atoms with van der Waals surface area (Å²) in [7, 11) is 1.59. The lowest BCUT2D eigenvalue weighted by Crippen LogP contribution is -2.51. The molecule has 27 heavy (non-hydrogen) atoms. The zero-order valence-corrected chi connectivity index (χ0v) is 16.2. The molecule has 1 saturated heterocycles. The van der Waals surface area contributed by atoms with Crippen molar-refractivity contribution < 1.29 is 14.3 Å². The summed E-state index contributed by atoms with van der Waals surface area (Å²) in [6, 6.07) is 7.68. The molecule has 0 radical (unpaired) electrons. The van der Waals surface area contributed by atoms with E-state index < -0.39 is 0 Å². The molecule has 0 saturated carbocycles. The van der Waals surface area contributed by atoms with E-state index in [1.807, 2.05) is 41.6 Å². The second-order valence-corrected chi connectivity index (χ2v) is 7.18. The van der Waals surface area contributed by atoms with Gasteiger partial charge in [-0.05, 0) is 35.2 Å². The predicted octanol–water partition coefficient (Wildman–Crippen LogP) is 2.67. The Morgan fingerprint density at radius 1 is 1.11 bits per heavy atom. The molecule has 0 unspecified atom stereocenters. The van der Waals surface area contributed by atoms with Gasteiger partial charge in [-0.25, -0.2) is 0 Å². The first-order valence-corrected chi connectivity index (χ1v) is 9.36. The van der Waals surface area contributed by atoms with E-state index in [0.29, 0.717) is 49.8 Å². The molecule has 1 aliphatic heterocycles. The van der Waals surface area contributed by atoms with Crippen LogP contribution in [0.25, 0.3) is 0 Å². The number of aromatic nitrogens is 1. The Morgan fingerprint density at radius 2 is 1.81 bits per heavy atom. The monoisotopic (exact) mass is 369 g/mol. The van der Waals surface area contributed by atoms with E-state index in [2.05, 4.69) is 18.8 Å². The molecule has 2 aromatic rings. The van der Waals surface area contributed by atoms with Crippen molar-refractivity contribution in [3.05, 3.63) is 53.3 Å². The number of hydrogen-bond acceptors (Lipinski definition) is 3. The number of aromatic amines is 1. The minimum absolute atomic E-state index is 0.0418. The number of rotatable bonds is 5. The van der Waals surface area contributed by atoms with Gasteiger partial charge in [0.05, 0.1) is 19.1 Å². The molecule has 0 spiro atoms. The molecule has 6 heteroatoms. The summed E-state index contributed by atoms with van der Waals surface area (Å²) < 4.78 is 5.45. The average molecular weight is 369 g/mol. The van der Waals surface area contributed by atoms with Crippen LogP contribution in [0, 0.1) is 0 Å². The van der Waals surface area contributed by atoms with E-state index in [1.165, 1.54) is 0 Å². The van der Waals surface area contributed by atoms with Crippen molar-refractivity contribution in [2.24, 2.45) is 0 Å². The van der Waals surface area contributed by atoms with Crippen LogP contribution in [-0.2, 0) is 11.2 Å². The quantitative estimate of drug-likeness (QED) is 0.881. The fourth-order valence-corrected chi connectivity index (χ4v) is 3.33. The summed E-state index contributed by atoms with van der Waals surface area (Å²) in [5.41, 5.74) is 2.70. The third kappa shape index (κ3) is 4.32. The lowest BCUT2D eigenvalue weighted by Gasteiger charge is -2.35. The molecule has 144 valence electrons. The number of methoxy groups -OCH3 is 1. The van der Waals surface area contributed by atoms with Gasteiger partial charge in [-0.15, -0.1) is 0 Å². The van der Waals surface area contributed by atoms with Gasteiger partial charge < -0.3 is 19.5 Å². The SMILES string of the molecule is COc1cc(C(C)C)ccc1C(=O)N1CCN(C(=O)Cc2cc[nH]c2)CC1. The Hall–Kier alpha value is -2.76. The summed E-state index contributed by atoms with van der Waals surface area (Å²) >= 11 is 0. The van der Waals surface area contributed by atoms with Gasteiger partial charge in [0.15, 0.2) is 0 Å². The molecule has 6 nitrogen and oxygen atoms in total. The number of carbonyl (C=O) groups excluding carboxylic acids is 2. The third-order valence-electron chi connectivity index (χ3n) is 5.06. The maximum Gasteiger partial charge on any atom is 0.257 e. The molecule has 0 atom stereocenters. The van der Waals surface area contributed by atoms with Gasteiger partial charge in [0, 0.05) is 38.6 Å². The van der Waals surface area contributed by atoms with E-state index in [9.17, 15) is 9.59 Å². The molecule has 1 N–H and O–H groups in total. The van der Waals surface area contributed by atoms with Crippen LogP contribution in [0.5, 0.6) is 5.75 Å². The topological polar surface area (TPSA) is 65.6 Å². The molecule has 1 fully saturated rings. The zero-order valence-electron chi connectivity index (χ0n) is 16.2. The van der Waals surface area contributed by atoms with E-state index >= 15 is 0 Å². The van der Waals surface area contributed by atoms with Crippen LogP contribution in [0.2, 0.25) is 0 Å². The van der Waals surface area contributed by atoms with Gasteiger partial charge in [-0.3, -0.25) is 9.59 Å². The predicted molar refractivity (Wildman–Crippen MR) is 104 cm³/mol. The normalized spacial score (nSPS) is 14.5. The molecule has 2 amide bonds. The molecular weight excluding hydrogens is 342 g/mol. The Kier molecular flexibility index (Phi) is 5.84. The van der Waals surface area contributed by atoms with Crippen molar-refractivity contribution in [1.82, 2.24) is 14.8 Å².